The first-order valence-electron chi connectivity index (χ1n) is 9.60. The molecule has 0 amide bonds. The van der Waals surface area contributed by atoms with E-state index in [1.54, 1.807) is 27.0 Å². The van der Waals surface area contributed by atoms with E-state index in [9.17, 15) is 8.42 Å². The summed E-state index contributed by atoms with van der Waals surface area (Å²) in [6.07, 6.45) is 7.57. The Labute approximate surface area is 162 Å². The second-order valence-electron chi connectivity index (χ2n) is 8.33. The fourth-order valence-electron chi connectivity index (χ4n) is 3.30. The van der Waals surface area contributed by atoms with Gasteiger partial charge in [0.1, 0.15) is 0 Å². The molecule has 0 spiro atoms. The Kier molecular flexibility index (Phi) is 5.91. The average Bonchev–Trinajstić information content (AvgIpc) is 3.15. The molecule has 2 N–H and O–H groups in total. The summed E-state index contributed by atoms with van der Waals surface area (Å²) in [6, 6.07) is 10.2. The summed E-state index contributed by atoms with van der Waals surface area (Å²) in [4.78, 5) is 0. The normalized spacial score (nSPS) is 21.1. The van der Waals surface area contributed by atoms with E-state index in [1.807, 2.05) is 29.1 Å². The number of nitrogens with one attached hydrogen (secondary N) is 2. The fourth-order valence-corrected chi connectivity index (χ4v) is 4.32. The predicted molar refractivity (Wildman–Crippen MR) is 110 cm³/mol. The molecule has 1 aromatic heterocycles. The fraction of sp³-hybridized carbons (Fsp3) is 0.550. The van der Waals surface area contributed by atoms with Crippen LogP contribution in [0, 0.1) is 5.92 Å². The van der Waals surface area contributed by atoms with Gasteiger partial charge in [-0.15, -0.1) is 0 Å². The molecule has 6 nitrogen and oxygen atoms in total. The standard InChI is InChI=1S/C20H30N4O2S/c1-20(2,3)27(25,26)23-18-7-5-16(6-8-18)15-21-17-9-11-19(12-10-17)24-14-4-13-22-24/h4,9-14,16,18,21,23H,5-8,15H2,1-3H3/t16-,18-. The van der Waals surface area contributed by atoms with Crippen LogP contribution in [0.2, 0.25) is 0 Å². The Morgan fingerprint density at radius 3 is 2.33 bits per heavy atom. The van der Waals surface area contributed by atoms with Gasteiger partial charge in [0.2, 0.25) is 10.0 Å². The third-order valence-electron chi connectivity index (χ3n) is 5.21. The van der Waals surface area contributed by atoms with Crippen molar-refractivity contribution in [3.63, 3.8) is 0 Å². The maximum atomic E-state index is 12.3. The highest BCUT2D eigenvalue weighted by Crippen LogP contribution is 2.26. The molecular weight excluding hydrogens is 360 g/mol. The Hall–Kier alpha value is -1.86. The number of hydrogen-bond donors (Lipinski definition) is 2. The molecule has 1 heterocycles. The van der Waals surface area contributed by atoms with Gasteiger partial charge >= 0.3 is 0 Å². The molecule has 1 aliphatic rings. The molecule has 1 saturated carbocycles. The third kappa shape index (κ3) is 5.11. The van der Waals surface area contributed by atoms with E-state index < -0.39 is 14.8 Å². The van der Waals surface area contributed by atoms with Gasteiger partial charge in [-0.2, -0.15) is 5.10 Å². The van der Waals surface area contributed by atoms with Gasteiger partial charge in [0, 0.05) is 30.7 Å². The largest absolute Gasteiger partial charge is 0.385 e. The maximum Gasteiger partial charge on any atom is 0.216 e. The second-order valence-corrected chi connectivity index (χ2v) is 10.8. The minimum absolute atomic E-state index is 0.0684. The highest BCUT2D eigenvalue weighted by Gasteiger charge is 2.32. The van der Waals surface area contributed by atoms with Crippen LogP contribution >= 0.6 is 0 Å². The Morgan fingerprint density at radius 1 is 1.11 bits per heavy atom. The van der Waals surface area contributed by atoms with Gasteiger partial charge in [-0.05, 0) is 82.7 Å². The Morgan fingerprint density at radius 2 is 1.78 bits per heavy atom. The zero-order valence-electron chi connectivity index (χ0n) is 16.4. The van der Waals surface area contributed by atoms with Gasteiger partial charge in [-0.3, -0.25) is 0 Å². The molecule has 7 heteroatoms. The van der Waals surface area contributed by atoms with E-state index in [-0.39, 0.29) is 6.04 Å². The summed E-state index contributed by atoms with van der Waals surface area (Å²) >= 11 is 0. The monoisotopic (exact) mass is 390 g/mol. The van der Waals surface area contributed by atoms with Gasteiger partial charge in [-0.25, -0.2) is 17.8 Å². The van der Waals surface area contributed by atoms with Gasteiger partial charge in [0.15, 0.2) is 0 Å². The van der Waals surface area contributed by atoms with Crippen LogP contribution in [0.3, 0.4) is 0 Å². The minimum atomic E-state index is -3.27. The molecular formula is C20H30N4O2S. The van der Waals surface area contributed by atoms with Gasteiger partial charge in [0.05, 0.1) is 10.4 Å². The second kappa shape index (κ2) is 8.02. The number of anilines is 1. The van der Waals surface area contributed by atoms with Crippen LogP contribution in [-0.4, -0.2) is 35.5 Å². The van der Waals surface area contributed by atoms with Crippen LogP contribution in [0.4, 0.5) is 5.69 Å². The number of nitrogens with zero attached hydrogens (tertiary/aromatic N) is 2. The minimum Gasteiger partial charge on any atom is -0.385 e. The van der Waals surface area contributed by atoms with E-state index in [0.29, 0.717) is 5.92 Å². The molecule has 1 aliphatic carbocycles. The molecule has 0 saturated heterocycles. The van der Waals surface area contributed by atoms with E-state index >= 15 is 0 Å². The Bertz CT molecular complexity index is 816. The first kappa shape index (κ1) is 19.9. The molecule has 148 valence electrons. The molecule has 0 bridgehead atoms. The van der Waals surface area contributed by atoms with Crippen molar-refractivity contribution in [1.29, 1.82) is 0 Å². The maximum absolute atomic E-state index is 12.3. The molecule has 0 unspecified atom stereocenters. The lowest BCUT2D eigenvalue weighted by molar-refractivity contribution is 0.322. The van der Waals surface area contributed by atoms with Gasteiger partial charge in [-0.1, -0.05) is 0 Å². The van der Waals surface area contributed by atoms with E-state index in [1.165, 1.54) is 0 Å². The van der Waals surface area contributed by atoms with Gasteiger partial charge < -0.3 is 5.32 Å². The van der Waals surface area contributed by atoms with Crippen LogP contribution < -0.4 is 10.0 Å². The van der Waals surface area contributed by atoms with Crippen molar-refractivity contribution in [2.75, 3.05) is 11.9 Å². The number of rotatable bonds is 6. The average molecular weight is 391 g/mol. The van der Waals surface area contributed by atoms with Crippen molar-refractivity contribution < 1.29 is 8.42 Å². The van der Waals surface area contributed by atoms with E-state index in [0.717, 1.165) is 43.6 Å². The molecule has 0 atom stereocenters. The molecule has 0 aliphatic heterocycles. The SMILES string of the molecule is CC(C)(C)S(=O)(=O)N[C@H]1CC[C@H](CNc2ccc(-n3cccn3)cc2)CC1. The lowest BCUT2D eigenvalue weighted by Gasteiger charge is -2.31. The lowest BCUT2D eigenvalue weighted by atomic mass is 9.86. The van der Waals surface area contributed by atoms with E-state index in [4.69, 9.17) is 0 Å². The molecule has 0 radical (unpaired) electrons. The van der Waals surface area contributed by atoms with E-state index in [2.05, 4.69) is 27.3 Å². The topological polar surface area (TPSA) is 76.0 Å². The highest BCUT2D eigenvalue weighted by molar-refractivity contribution is 7.90. The van der Waals surface area contributed by atoms with Crippen LogP contribution in [0.5, 0.6) is 0 Å². The summed E-state index contributed by atoms with van der Waals surface area (Å²) in [5, 5.41) is 7.74. The molecule has 3 rings (SSSR count). The first-order chi connectivity index (χ1) is 12.7. The zero-order chi connectivity index (χ0) is 19.5. The number of aromatic nitrogens is 2. The summed E-state index contributed by atoms with van der Waals surface area (Å²) < 4.78 is 28.6. The van der Waals surface area contributed by atoms with Crippen LogP contribution in [0.15, 0.2) is 42.7 Å². The van der Waals surface area contributed by atoms with Crippen molar-refractivity contribution >= 4 is 15.7 Å². The van der Waals surface area contributed by atoms with Crippen LogP contribution in [0.25, 0.3) is 5.69 Å². The van der Waals surface area contributed by atoms with Crippen LogP contribution in [-0.2, 0) is 10.0 Å². The summed E-state index contributed by atoms with van der Waals surface area (Å²) in [6.45, 7) is 6.13. The summed E-state index contributed by atoms with van der Waals surface area (Å²) in [5.41, 5.74) is 2.14. The first-order valence-corrected chi connectivity index (χ1v) is 11.1. The highest BCUT2D eigenvalue weighted by atomic mass is 32.2. The number of benzene rings is 1. The molecule has 1 aromatic carbocycles. The summed E-state index contributed by atoms with van der Waals surface area (Å²) in [7, 11) is -3.27. The summed E-state index contributed by atoms with van der Waals surface area (Å²) in [5.74, 6) is 0.575. The predicted octanol–water partition coefficient (Wildman–Crippen LogP) is 3.56. The Balaban J connectivity index is 1.45. The zero-order valence-corrected chi connectivity index (χ0v) is 17.2. The van der Waals surface area contributed by atoms with Gasteiger partial charge in [0.25, 0.3) is 0 Å². The van der Waals surface area contributed by atoms with Crippen molar-refractivity contribution in [3.8, 4) is 5.69 Å². The van der Waals surface area contributed by atoms with Crippen molar-refractivity contribution in [2.24, 2.45) is 5.92 Å². The number of hydrogen-bond acceptors (Lipinski definition) is 4. The molecule has 1 fully saturated rings. The lowest BCUT2D eigenvalue weighted by Crippen LogP contribution is -2.46. The third-order valence-corrected chi connectivity index (χ3v) is 7.46. The van der Waals surface area contributed by atoms with Crippen molar-refractivity contribution in [2.45, 2.75) is 57.2 Å². The van der Waals surface area contributed by atoms with Crippen molar-refractivity contribution in [3.05, 3.63) is 42.7 Å². The van der Waals surface area contributed by atoms with Crippen LogP contribution in [0.1, 0.15) is 46.5 Å². The quantitative estimate of drug-likeness (QED) is 0.791. The molecule has 2 aromatic rings. The number of sulfonamides is 1. The smallest absolute Gasteiger partial charge is 0.216 e. The van der Waals surface area contributed by atoms with Crippen molar-refractivity contribution in [1.82, 2.24) is 14.5 Å². The molecule has 27 heavy (non-hydrogen) atoms.